The molecule has 19 heavy (non-hydrogen) atoms. The van der Waals surface area contributed by atoms with E-state index in [1.54, 1.807) is 0 Å². The Kier molecular flexibility index (Phi) is 4.65. The van der Waals surface area contributed by atoms with Crippen molar-refractivity contribution in [2.24, 2.45) is 5.73 Å². The third kappa shape index (κ3) is 3.10. The zero-order valence-corrected chi connectivity index (χ0v) is 10.5. The van der Waals surface area contributed by atoms with Crippen molar-refractivity contribution >= 4 is 11.7 Å². The molecule has 0 amide bonds. The molecule has 3 N–H and O–H groups in total. The lowest BCUT2D eigenvalue weighted by atomic mass is 10.0. The quantitative estimate of drug-likeness (QED) is 0.571. The zero-order valence-electron chi connectivity index (χ0n) is 10.5. The average molecular weight is 270 g/mol. The molecule has 0 radical (unpaired) electrons. The number of nitro benzene ring substituents is 1. The maximum atomic E-state index is 11.1. The highest BCUT2D eigenvalue weighted by Crippen LogP contribution is 2.37. The van der Waals surface area contributed by atoms with E-state index in [4.69, 9.17) is 20.3 Å². The highest BCUT2D eigenvalue weighted by molar-refractivity contribution is 5.74. The van der Waals surface area contributed by atoms with Gasteiger partial charge in [0.25, 0.3) is 0 Å². The van der Waals surface area contributed by atoms with Crippen molar-refractivity contribution in [2.45, 2.75) is 12.5 Å². The van der Waals surface area contributed by atoms with E-state index in [-0.39, 0.29) is 29.2 Å². The number of aliphatic carboxylic acids is 1. The summed E-state index contributed by atoms with van der Waals surface area (Å²) in [6.07, 6.45) is -0.230. The van der Waals surface area contributed by atoms with Crippen LogP contribution in [0, 0.1) is 10.1 Å². The van der Waals surface area contributed by atoms with Gasteiger partial charge < -0.3 is 20.3 Å². The fourth-order valence-electron chi connectivity index (χ4n) is 1.66. The maximum Gasteiger partial charge on any atom is 0.320 e. The molecule has 0 saturated carbocycles. The van der Waals surface area contributed by atoms with Crippen molar-refractivity contribution in [3.05, 3.63) is 27.8 Å². The highest BCUT2D eigenvalue weighted by atomic mass is 16.6. The topological polar surface area (TPSA) is 125 Å². The molecule has 0 heterocycles. The second-order valence-electron chi connectivity index (χ2n) is 3.70. The Hall–Kier alpha value is -2.35. The summed E-state index contributed by atoms with van der Waals surface area (Å²) in [5, 5.41) is 19.9. The summed E-state index contributed by atoms with van der Waals surface area (Å²) >= 11 is 0. The van der Waals surface area contributed by atoms with Crippen LogP contribution in [0.25, 0.3) is 0 Å². The van der Waals surface area contributed by atoms with Gasteiger partial charge in [0.1, 0.15) is 11.8 Å². The summed E-state index contributed by atoms with van der Waals surface area (Å²) in [5.74, 6) is -1.03. The molecule has 1 aromatic rings. The number of ether oxygens (including phenoxy) is 2. The van der Waals surface area contributed by atoms with Crippen molar-refractivity contribution in [1.82, 2.24) is 0 Å². The number of nitro groups is 1. The molecule has 0 aliphatic heterocycles. The van der Waals surface area contributed by atoms with Crippen LogP contribution in [0.1, 0.15) is 5.56 Å². The van der Waals surface area contributed by atoms with E-state index in [0.717, 1.165) is 0 Å². The summed E-state index contributed by atoms with van der Waals surface area (Å²) in [6, 6.07) is 1.59. The van der Waals surface area contributed by atoms with Crippen LogP contribution >= 0.6 is 0 Å². The van der Waals surface area contributed by atoms with E-state index < -0.39 is 16.9 Å². The van der Waals surface area contributed by atoms with E-state index in [1.165, 1.54) is 26.4 Å². The minimum atomic E-state index is -1.26. The number of nitrogens with zero attached hydrogens (tertiary/aromatic N) is 1. The van der Waals surface area contributed by atoms with Gasteiger partial charge in [-0.15, -0.1) is 0 Å². The number of hydrogen-bond acceptors (Lipinski definition) is 6. The maximum absolute atomic E-state index is 11.1. The third-order valence-corrected chi connectivity index (χ3v) is 2.57. The molecule has 0 spiro atoms. The van der Waals surface area contributed by atoms with Gasteiger partial charge in [0.2, 0.25) is 0 Å². The van der Waals surface area contributed by atoms with E-state index in [1.807, 2.05) is 0 Å². The average Bonchev–Trinajstić information content (AvgIpc) is 2.37. The number of carboxylic acid groups (broad SMARTS) is 1. The van der Waals surface area contributed by atoms with Gasteiger partial charge in [-0.3, -0.25) is 14.9 Å². The first-order valence-electron chi connectivity index (χ1n) is 5.29. The second kappa shape index (κ2) is 6.01. The molecule has 0 fully saturated rings. The summed E-state index contributed by atoms with van der Waals surface area (Å²) in [6.45, 7) is 0. The number of rotatable bonds is 6. The van der Waals surface area contributed by atoms with Gasteiger partial charge in [0, 0.05) is 6.42 Å². The molecule has 0 aliphatic rings. The van der Waals surface area contributed by atoms with Gasteiger partial charge >= 0.3 is 11.7 Å². The molecule has 0 aliphatic carbocycles. The molecule has 8 nitrogen and oxygen atoms in total. The number of carbonyl (C=O) groups is 1. The monoisotopic (exact) mass is 270 g/mol. The van der Waals surface area contributed by atoms with Crippen molar-refractivity contribution < 1.29 is 24.3 Å². The molecular weight excluding hydrogens is 256 g/mol. The Morgan fingerprint density at radius 3 is 2.37 bits per heavy atom. The van der Waals surface area contributed by atoms with Crippen LogP contribution in [0.5, 0.6) is 11.5 Å². The minimum absolute atomic E-state index is 0.0263. The first kappa shape index (κ1) is 14.7. The Morgan fingerprint density at radius 1 is 1.42 bits per heavy atom. The van der Waals surface area contributed by atoms with Crippen LogP contribution in [-0.2, 0) is 11.2 Å². The van der Waals surface area contributed by atoms with E-state index >= 15 is 0 Å². The SMILES string of the molecule is COc1ccc(OC)c([N+](=O)[O-])c1CC(N)C(=O)O. The second-order valence-corrected chi connectivity index (χ2v) is 3.70. The van der Waals surface area contributed by atoms with Gasteiger partial charge in [-0.25, -0.2) is 0 Å². The molecule has 1 atom stereocenters. The Morgan fingerprint density at radius 2 is 1.95 bits per heavy atom. The summed E-state index contributed by atoms with van der Waals surface area (Å²) in [7, 11) is 2.62. The van der Waals surface area contributed by atoms with Crippen molar-refractivity contribution in [3.63, 3.8) is 0 Å². The molecule has 1 aromatic carbocycles. The predicted octanol–water partition coefficient (Wildman–Crippen LogP) is 0.566. The lowest BCUT2D eigenvalue weighted by Gasteiger charge is -2.13. The van der Waals surface area contributed by atoms with Gasteiger partial charge in [-0.05, 0) is 12.1 Å². The van der Waals surface area contributed by atoms with Crippen LogP contribution in [0.4, 0.5) is 5.69 Å². The molecule has 1 rings (SSSR count). The number of carboxylic acids is 1. The molecule has 1 unspecified atom stereocenters. The molecule has 0 bridgehead atoms. The summed E-state index contributed by atoms with van der Waals surface area (Å²) in [4.78, 5) is 21.2. The molecule has 104 valence electrons. The highest BCUT2D eigenvalue weighted by Gasteiger charge is 2.27. The fraction of sp³-hybridized carbons (Fsp3) is 0.364. The largest absolute Gasteiger partial charge is 0.496 e. The van der Waals surface area contributed by atoms with Crippen molar-refractivity contribution in [1.29, 1.82) is 0 Å². The van der Waals surface area contributed by atoms with Crippen molar-refractivity contribution in [2.75, 3.05) is 14.2 Å². The fourth-order valence-corrected chi connectivity index (χ4v) is 1.66. The summed E-state index contributed by atoms with van der Waals surface area (Å²) < 4.78 is 9.91. The predicted molar refractivity (Wildman–Crippen MR) is 65.5 cm³/mol. The lowest BCUT2D eigenvalue weighted by Crippen LogP contribution is -2.32. The van der Waals surface area contributed by atoms with Crippen molar-refractivity contribution in [3.8, 4) is 11.5 Å². The smallest absolute Gasteiger partial charge is 0.320 e. The normalized spacial score (nSPS) is 11.7. The van der Waals surface area contributed by atoms with E-state index in [2.05, 4.69) is 0 Å². The molecule has 8 heteroatoms. The Labute approximate surface area is 108 Å². The first-order valence-corrected chi connectivity index (χ1v) is 5.29. The summed E-state index contributed by atoms with van der Waals surface area (Å²) in [5.41, 5.74) is 5.18. The molecule has 0 aromatic heterocycles. The van der Waals surface area contributed by atoms with Crippen LogP contribution in [-0.4, -0.2) is 36.3 Å². The number of nitrogens with two attached hydrogens (primary N) is 1. The van der Waals surface area contributed by atoms with Gasteiger partial charge in [-0.2, -0.15) is 0 Å². The van der Waals surface area contributed by atoms with Gasteiger partial charge in [-0.1, -0.05) is 0 Å². The number of methoxy groups -OCH3 is 2. The minimum Gasteiger partial charge on any atom is -0.496 e. The molecule has 0 saturated heterocycles. The van der Waals surface area contributed by atoms with Gasteiger partial charge in [0.05, 0.1) is 24.7 Å². The van der Waals surface area contributed by atoms with Crippen LogP contribution in [0.2, 0.25) is 0 Å². The Bertz CT molecular complexity index is 502. The van der Waals surface area contributed by atoms with Crippen LogP contribution < -0.4 is 15.2 Å². The third-order valence-electron chi connectivity index (χ3n) is 2.57. The zero-order chi connectivity index (χ0) is 14.6. The molecular formula is C11H14N2O6. The number of benzene rings is 1. The number of hydrogen-bond donors (Lipinski definition) is 2. The van der Waals surface area contributed by atoms with Crippen LogP contribution in [0.15, 0.2) is 12.1 Å². The van der Waals surface area contributed by atoms with E-state index in [9.17, 15) is 14.9 Å². The van der Waals surface area contributed by atoms with Gasteiger partial charge in [0.15, 0.2) is 5.75 Å². The van der Waals surface area contributed by atoms with E-state index in [0.29, 0.717) is 0 Å². The first-order chi connectivity index (χ1) is 8.92. The lowest BCUT2D eigenvalue weighted by molar-refractivity contribution is -0.386. The Balaban J connectivity index is 3.38. The van der Waals surface area contributed by atoms with Crippen LogP contribution in [0.3, 0.4) is 0 Å². The standard InChI is InChI=1S/C11H14N2O6/c1-18-8-3-4-9(19-2)10(13(16)17)6(8)5-7(12)11(14)15/h3-4,7H,5,12H2,1-2H3,(H,14,15).